The lowest BCUT2D eigenvalue weighted by Gasteiger charge is -2.42. The van der Waals surface area contributed by atoms with E-state index in [9.17, 15) is 4.79 Å². The van der Waals surface area contributed by atoms with Crippen molar-refractivity contribution in [1.82, 2.24) is 0 Å². The van der Waals surface area contributed by atoms with Gasteiger partial charge in [-0.3, -0.25) is 0 Å². The first-order chi connectivity index (χ1) is 9.30. The first-order valence-corrected chi connectivity index (χ1v) is 9.95. The molecule has 0 fully saturated rings. The van der Waals surface area contributed by atoms with E-state index in [0.717, 1.165) is 12.8 Å². The van der Waals surface area contributed by atoms with Gasteiger partial charge in [0, 0.05) is 25.5 Å². The Labute approximate surface area is 124 Å². The molecule has 0 aromatic carbocycles. The van der Waals surface area contributed by atoms with Crippen LogP contribution in [0.1, 0.15) is 54.4 Å². The monoisotopic (exact) mass is 298 g/mol. The maximum absolute atomic E-state index is 11.2. The molecule has 1 atom stereocenters. The summed E-state index contributed by atoms with van der Waals surface area (Å²) >= 11 is 0. The number of carbonyl (C=O) groups is 1. The van der Waals surface area contributed by atoms with E-state index < -0.39 is 8.32 Å². The van der Waals surface area contributed by atoms with Crippen molar-refractivity contribution >= 4 is 14.3 Å². The lowest BCUT2D eigenvalue weighted by Crippen LogP contribution is -2.48. The molecule has 1 aliphatic rings. The van der Waals surface area contributed by atoms with Crippen molar-refractivity contribution in [1.29, 1.82) is 0 Å². The zero-order valence-corrected chi connectivity index (χ0v) is 14.8. The Kier molecular flexibility index (Phi) is 6.46. The number of ether oxygens (including phenoxy) is 1. The van der Waals surface area contributed by atoms with Crippen molar-refractivity contribution in [3.05, 3.63) is 12.2 Å². The molecule has 0 unspecified atom stereocenters. The fourth-order valence-electron chi connectivity index (χ4n) is 3.61. The van der Waals surface area contributed by atoms with E-state index in [1.165, 1.54) is 6.08 Å². The Morgan fingerprint density at radius 3 is 2.20 bits per heavy atom. The first kappa shape index (κ1) is 17.4. The van der Waals surface area contributed by atoms with Gasteiger partial charge in [0.2, 0.25) is 0 Å². The molecule has 0 spiro atoms. The quantitative estimate of drug-likeness (QED) is 0.515. The fourth-order valence-corrected chi connectivity index (χ4v) is 9.08. The summed E-state index contributed by atoms with van der Waals surface area (Å²) in [5.41, 5.74) is 1.78. The first-order valence-electron chi connectivity index (χ1n) is 7.81. The van der Waals surface area contributed by atoms with Crippen molar-refractivity contribution in [3.8, 4) is 0 Å². The summed E-state index contributed by atoms with van der Waals surface area (Å²) in [4.78, 5) is 11.2. The molecule has 20 heavy (non-hydrogen) atoms. The maximum atomic E-state index is 11.2. The van der Waals surface area contributed by atoms with Crippen LogP contribution < -0.4 is 0 Å². The highest BCUT2D eigenvalue weighted by atomic mass is 28.4. The highest BCUT2D eigenvalue weighted by Gasteiger charge is 2.44. The SMILES string of the molecule is CC(C)[Si](OCC[C@H]1CC=CC(=O)O1)(C(C)C)C(C)C. The van der Waals surface area contributed by atoms with E-state index in [-0.39, 0.29) is 12.1 Å². The van der Waals surface area contributed by atoms with E-state index >= 15 is 0 Å². The zero-order chi connectivity index (χ0) is 15.3. The molecule has 0 aromatic rings. The second kappa shape index (κ2) is 7.41. The Bertz CT molecular complexity index is 326. The normalized spacial score (nSPS) is 20.1. The van der Waals surface area contributed by atoms with Crippen molar-refractivity contribution in [2.75, 3.05) is 6.61 Å². The lowest BCUT2D eigenvalue weighted by atomic mass is 10.1. The lowest BCUT2D eigenvalue weighted by molar-refractivity contribution is -0.144. The highest BCUT2D eigenvalue weighted by molar-refractivity contribution is 6.77. The minimum atomic E-state index is -1.79. The molecular formula is C16H30O3Si. The molecule has 0 aliphatic carbocycles. The third-order valence-electron chi connectivity index (χ3n) is 4.43. The van der Waals surface area contributed by atoms with Gasteiger partial charge in [0.15, 0.2) is 8.32 Å². The number of carbonyl (C=O) groups excluding carboxylic acids is 1. The summed E-state index contributed by atoms with van der Waals surface area (Å²) in [6.45, 7) is 14.4. The standard InChI is InChI=1S/C16H30O3Si/c1-12(2)20(13(3)4,14(5)6)18-11-10-15-8-7-9-16(17)19-15/h7,9,12-15H,8,10-11H2,1-6H3/t15-/m1/s1. The maximum Gasteiger partial charge on any atom is 0.330 e. The molecule has 0 amide bonds. The van der Waals surface area contributed by atoms with Crippen LogP contribution in [-0.4, -0.2) is 27.0 Å². The minimum absolute atomic E-state index is 0.00862. The Balaban J connectivity index is 2.59. The van der Waals surface area contributed by atoms with E-state index in [4.69, 9.17) is 9.16 Å². The molecule has 0 bridgehead atoms. The van der Waals surface area contributed by atoms with Crippen LogP contribution in [0.25, 0.3) is 0 Å². The van der Waals surface area contributed by atoms with E-state index in [0.29, 0.717) is 23.2 Å². The molecule has 1 heterocycles. The molecule has 1 aliphatic heterocycles. The number of hydrogen-bond acceptors (Lipinski definition) is 3. The molecule has 0 saturated carbocycles. The van der Waals surface area contributed by atoms with E-state index in [1.54, 1.807) is 0 Å². The van der Waals surface area contributed by atoms with Crippen LogP contribution >= 0.6 is 0 Å². The molecule has 0 saturated heterocycles. The predicted octanol–water partition coefficient (Wildman–Crippen LogP) is 4.44. The Morgan fingerprint density at radius 1 is 1.20 bits per heavy atom. The number of hydrogen-bond donors (Lipinski definition) is 0. The molecule has 0 N–H and O–H groups in total. The van der Waals surface area contributed by atoms with Crippen LogP contribution in [-0.2, 0) is 14.0 Å². The van der Waals surface area contributed by atoms with E-state index in [1.807, 2.05) is 6.08 Å². The molecule has 4 heteroatoms. The van der Waals surface area contributed by atoms with Crippen molar-refractivity contribution < 1.29 is 14.0 Å². The molecule has 0 radical (unpaired) electrons. The Hall–Kier alpha value is -0.613. The second-order valence-corrected chi connectivity index (χ2v) is 12.1. The smallest absolute Gasteiger partial charge is 0.330 e. The number of rotatable bonds is 7. The predicted molar refractivity (Wildman–Crippen MR) is 85.3 cm³/mol. The van der Waals surface area contributed by atoms with Crippen LogP contribution in [0.3, 0.4) is 0 Å². The van der Waals surface area contributed by atoms with Gasteiger partial charge in [0.1, 0.15) is 6.10 Å². The van der Waals surface area contributed by atoms with Gasteiger partial charge in [0.25, 0.3) is 0 Å². The topological polar surface area (TPSA) is 35.5 Å². The molecule has 0 aromatic heterocycles. The van der Waals surface area contributed by atoms with Crippen LogP contribution in [0, 0.1) is 0 Å². The summed E-state index contributed by atoms with van der Waals surface area (Å²) in [5.74, 6) is -0.221. The average molecular weight is 298 g/mol. The van der Waals surface area contributed by atoms with Gasteiger partial charge in [-0.05, 0) is 16.6 Å². The third-order valence-corrected chi connectivity index (χ3v) is 10.6. The van der Waals surface area contributed by atoms with Gasteiger partial charge in [-0.25, -0.2) is 4.79 Å². The van der Waals surface area contributed by atoms with Crippen molar-refractivity contribution in [2.24, 2.45) is 0 Å². The largest absolute Gasteiger partial charge is 0.459 e. The summed E-state index contributed by atoms with van der Waals surface area (Å²) in [6.07, 6.45) is 5.01. The summed E-state index contributed by atoms with van der Waals surface area (Å²) in [5, 5.41) is 0. The van der Waals surface area contributed by atoms with Gasteiger partial charge in [0.05, 0.1) is 0 Å². The number of cyclic esters (lactones) is 1. The fraction of sp³-hybridized carbons (Fsp3) is 0.812. The van der Waals surface area contributed by atoms with Crippen molar-refractivity contribution in [2.45, 2.75) is 77.1 Å². The van der Waals surface area contributed by atoms with Gasteiger partial charge in [-0.2, -0.15) is 0 Å². The summed E-state index contributed by atoms with van der Waals surface area (Å²) in [6, 6.07) is 0. The minimum Gasteiger partial charge on any atom is -0.459 e. The van der Waals surface area contributed by atoms with Gasteiger partial charge in [-0.15, -0.1) is 0 Å². The summed E-state index contributed by atoms with van der Waals surface area (Å²) < 4.78 is 11.8. The second-order valence-electron chi connectivity index (χ2n) is 6.65. The molecule has 3 nitrogen and oxygen atoms in total. The van der Waals surface area contributed by atoms with Crippen LogP contribution in [0.15, 0.2) is 12.2 Å². The van der Waals surface area contributed by atoms with Crippen LogP contribution in [0.4, 0.5) is 0 Å². The molecular weight excluding hydrogens is 268 g/mol. The van der Waals surface area contributed by atoms with Crippen LogP contribution in [0.5, 0.6) is 0 Å². The third kappa shape index (κ3) is 3.95. The van der Waals surface area contributed by atoms with Crippen LogP contribution in [0.2, 0.25) is 16.6 Å². The summed E-state index contributed by atoms with van der Waals surface area (Å²) in [7, 11) is -1.79. The zero-order valence-electron chi connectivity index (χ0n) is 13.8. The van der Waals surface area contributed by atoms with Gasteiger partial charge in [-0.1, -0.05) is 47.6 Å². The van der Waals surface area contributed by atoms with Crippen molar-refractivity contribution in [3.63, 3.8) is 0 Å². The molecule has 1 rings (SSSR count). The average Bonchev–Trinajstić information content (AvgIpc) is 2.33. The van der Waals surface area contributed by atoms with Gasteiger partial charge >= 0.3 is 5.97 Å². The van der Waals surface area contributed by atoms with E-state index in [2.05, 4.69) is 41.5 Å². The highest BCUT2D eigenvalue weighted by Crippen LogP contribution is 2.42. The van der Waals surface area contributed by atoms with Gasteiger partial charge < -0.3 is 9.16 Å². The Morgan fingerprint density at radius 2 is 1.75 bits per heavy atom. The number of esters is 1. The molecule has 116 valence electrons.